The van der Waals surface area contributed by atoms with Crippen molar-refractivity contribution in [3.05, 3.63) is 32.3 Å². The second-order valence-electron chi connectivity index (χ2n) is 2.63. The number of hydrogen-bond donors (Lipinski definition) is 1. The van der Waals surface area contributed by atoms with Crippen molar-refractivity contribution in [3.8, 4) is 5.75 Å². The van der Waals surface area contributed by atoms with Crippen molar-refractivity contribution in [1.29, 1.82) is 0 Å². The smallest absolute Gasteiger partial charge is 0.271 e. The van der Waals surface area contributed by atoms with Crippen molar-refractivity contribution in [2.24, 2.45) is 5.73 Å². The first-order valence-electron chi connectivity index (χ1n) is 3.79. The molecule has 1 amide bonds. The van der Waals surface area contributed by atoms with Crippen molar-refractivity contribution >= 4 is 27.5 Å². The average molecular weight is 275 g/mol. The van der Waals surface area contributed by atoms with E-state index in [0.29, 0.717) is 4.47 Å². The standard InChI is InChI=1S/C8H7BrN2O4/c1-15-7-5(8(10)12)2-4(11(13)14)3-6(7)9/h2-3H,1H3,(H2,10,12). The Morgan fingerprint density at radius 1 is 1.60 bits per heavy atom. The Balaban J connectivity index is 3.45. The lowest BCUT2D eigenvalue weighted by atomic mass is 10.1. The molecule has 0 aliphatic rings. The van der Waals surface area contributed by atoms with Crippen LogP contribution in [0.2, 0.25) is 0 Å². The molecular formula is C8H7BrN2O4. The van der Waals surface area contributed by atoms with Gasteiger partial charge in [-0.3, -0.25) is 14.9 Å². The largest absolute Gasteiger partial charge is 0.495 e. The molecular weight excluding hydrogens is 268 g/mol. The van der Waals surface area contributed by atoms with Crippen LogP contribution in [0.1, 0.15) is 10.4 Å². The molecule has 0 aliphatic heterocycles. The summed E-state index contributed by atoms with van der Waals surface area (Å²) in [6, 6.07) is 2.32. The highest BCUT2D eigenvalue weighted by atomic mass is 79.9. The molecule has 0 atom stereocenters. The number of primary amides is 1. The molecule has 6 nitrogen and oxygen atoms in total. The molecule has 1 aromatic carbocycles. The van der Waals surface area contributed by atoms with Crippen LogP contribution in [0.3, 0.4) is 0 Å². The minimum Gasteiger partial charge on any atom is -0.495 e. The quantitative estimate of drug-likeness (QED) is 0.667. The fraction of sp³-hybridized carbons (Fsp3) is 0.125. The number of halogens is 1. The molecule has 0 saturated heterocycles. The number of nitrogens with two attached hydrogens (primary N) is 1. The fourth-order valence-electron chi connectivity index (χ4n) is 1.08. The van der Waals surface area contributed by atoms with Crippen molar-refractivity contribution in [2.45, 2.75) is 0 Å². The Hall–Kier alpha value is -1.63. The number of nitro benzene ring substituents is 1. The second-order valence-corrected chi connectivity index (χ2v) is 3.48. The van der Waals surface area contributed by atoms with Crippen LogP contribution < -0.4 is 10.5 Å². The van der Waals surface area contributed by atoms with Gasteiger partial charge in [-0.15, -0.1) is 0 Å². The molecule has 80 valence electrons. The summed E-state index contributed by atoms with van der Waals surface area (Å²) in [4.78, 5) is 20.9. The lowest BCUT2D eigenvalue weighted by molar-refractivity contribution is -0.385. The zero-order valence-corrected chi connectivity index (χ0v) is 9.28. The predicted molar refractivity (Wildman–Crippen MR) is 55.9 cm³/mol. The zero-order chi connectivity index (χ0) is 11.6. The Morgan fingerprint density at radius 2 is 2.20 bits per heavy atom. The van der Waals surface area contributed by atoms with E-state index in [2.05, 4.69) is 15.9 Å². The van der Waals surface area contributed by atoms with Crippen LogP contribution in [-0.2, 0) is 0 Å². The number of carbonyl (C=O) groups excluding carboxylic acids is 1. The predicted octanol–water partition coefficient (Wildman–Crippen LogP) is 1.46. The summed E-state index contributed by atoms with van der Waals surface area (Å²) in [5.74, 6) is -0.593. The van der Waals surface area contributed by atoms with E-state index in [1.54, 1.807) is 0 Å². The van der Waals surface area contributed by atoms with Crippen LogP contribution in [0, 0.1) is 10.1 Å². The van der Waals surface area contributed by atoms with E-state index in [0.717, 1.165) is 6.07 Å². The van der Waals surface area contributed by atoms with E-state index in [1.807, 2.05) is 0 Å². The van der Waals surface area contributed by atoms with Gasteiger partial charge in [-0.25, -0.2) is 0 Å². The number of nitrogens with zero attached hydrogens (tertiary/aromatic N) is 1. The van der Waals surface area contributed by atoms with Crippen LogP contribution in [0.25, 0.3) is 0 Å². The fourth-order valence-corrected chi connectivity index (χ4v) is 1.69. The van der Waals surface area contributed by atoms with Crippen LogP contribution in [-0.4, -0.2) is 17.9 Å². The molecule has 0 spiro atoms. The molecule has 0 aliphatic carbocycles. The van der Waals surface area contributed by atoms with Crippen molar-refractivity contribution in [2.75, 3.05) is 7.11 Å². The maximum atomic E-state index is 11.0. The van der Waals surface area contributed by atoms with Gasteiger partial charge >= 0.3 is 0 Å². The molecule has 0 radical (unpaired) electrons. The third-order valence-electron chi connectivity index (χ3n) is 1.71. The SMILES string of the molecule is COc1c(Br)cc([N+](=O)[O-])cc1C(N)=O. The van der Waals surface area contributed by atoms with E-state index in [1.165, 1.54) is 13.2 Å². The summed E-state index contributed by atoms with van der Waals surface area (Å²) in [6.07, 6.45) is 0. The zero-order valence-electron chi connectivity index (χ0n) is 7.69. The highest BCUT2D eigenvalue weighted by molar-refractivity contribution is 9.10. The summed E-state index contributed by atoms with van der Waals surface area (Å²) in [5, 5.41) is 10.5. The lowest BCUT2D eigenvalue weighted by Crippen LogP contribution is -2.13. The van der Waals surface area contributed by atoms with Crippen LogP contribution in [0.5, 0.6) is 5.75 Å². The first-order chi connectivity index (χ1) is 6.97. The minimum atomic E-state index is -0.781. The monoisotopic (exact) mass is 274 g/mol. The highest BCUT2D eigenvalue weighted by Gasteiger charge is 2.18. The molecule has 2 N–H and O–H groups in total. The van der Waals surface area contributed by atoms with Gasteiger partial charge in [-0.05, 0) is 15.9 Å². The van der Waals surface area contributed by atoms with E-state index in [4.69, 9.17) is 10.5 Å². The first-order valence-corrected chi connectivity index (χ1v) is 4.58. The third-order valence-corrected chi connectivity index (χ3v) is 2.30. The summed E-state index contributed by atoms with van der Waals surface area (Å²) in [6.45, 7) is 0. The number of carbonyl (C=O) groups is 1. The number of ether oxygens (including phenoxy) is 1. The van der Waals surface area contributed by atoms with E-state index < -0.39 is 10.8 Å². The Bertz CT molecular complexity index is 433. The number of amides is 1. The van der Waals surface area contributed by atoms with Gasteiger partial charge in [0.25, 0.3) is 11.6 Å². The van der Waals surface area contributed by atoms with Gasteiger partial charge < -0.3 is 10.5 Å². The number of benzene rings is 1. The van der Waals surface area contributed by atoms with Gasteiger partial charge in [0.2, 0.25) is 0 Å². The Labute approximate surface area is 93.3 Å². The number of rotatable bonds is 3. The second kappa shape index (κ2) is 4.26. The molecule has 0 bridgehead atoms. The first kappa shape index (κ1) is 11.4. The van der Waals surface area contributed by atoms with Crippen LogP contribution in [0.4, 0.5) is 5.69 Å². The number of non-ortho nitro benzene ring substituents is 1. The molecule has 0 unspecified atom stereocenters. The maximum Gasteiger partial charge on any atom is 0.271 e. The summed E-state index contributed by atoms with van der Waals surface area (Å²) in [7, 11) is 1.35. The number of nitro groups is 1. The maximum absolute atomic E-state index is 11.0. The van der Waals surface area contributed by atoms with Crippen molar-refractivity contribution < 1.29 is 14.5 Å². The molecule has 0 heterocycles. The lowest BCUT2D eigenvalue weighted by Gasteiger charge is -2.07. The molecule has 15 heavy (non-hydrogen) atoms. The molecule has 0 aromatic heterocycles. The Morgan fingerprint density at radius 3 is 2.60 bits per heavy atom. The van der Waals surface area contributed by atoms with Gasteiger partial charge in [0.1, 0.15) is 5.75 Å². The van der Waals surface area contributed by atoms with E-state index >= 15 is 0 Å². The van der Waals surface area contributed by atoms with Crippen molar-refractivity contribution in [3.63, 3.8) is 0 Å². The molecule has 1 rings (SSSR count). The molecule has 1 aromatic rings. The van der Waals surface area contributed by atoms with Crippen LogP contribution >= 0.6 is 15.9 Å². The summed E-state index contributed by atoms with van der Waals surface area (Å²) < 4.78 is 5.21. The summed E-state index contributed by atoms with van der Waals surface area (Å²) >= 11 is 3.06. The van der Waals surface area contributed by atoms with Gasteiger partial charge in [-0.1, -0.05) is 0 Å². The van der Waals surface area contributed by atoms with Gasteiger partial charge in [-0.2, -0.15) is 0 Å². The number of methoxy groups -OCH3 is 1. The highest BCUT2D eigenvalue weighted by Crippen LogP contribution is 2.33. The normalized spacial score (nSPS) is 9.73. The Kier molecular flexibility index (Phi) is 3.25. The van der Waals surface area contributed by atoms with Gasteiger partial charge in [0.05, 0.1) is 22.1 Å². The van der Waals surface area contributed by atoms with Gasteiger partial charge in [0, 0.05) is 12.1 Å². The third kappa shape index (κ3) is 2.24. The topological polar surface area (TPSA) is 95.5 Å². The summed E-state index contributed by atoms with van der Waals surface area (Å²) in [5.41, 5.74) is 4.81. The van der Waals surface area contributed by atoms with E-state index in [9.17, 15) is 14.9 Å². The van der Waals surface area contributed by atoms with E-state index in [-0.39, 0.29) is 17.0 Å². The molecule has 0 fully saturated rings. The van der Waals surface area contributed by atoms with Crippen molar-refractivity contribution in [1.82, 2.24) is 0 Å². The molecule has 7 heteroatoms. The minimum absolute atomic E-state index is 0.0291. The average Bonchev–Trinajstić information content (AvgIpc) is 2.16. The van der Waals surface area contributed by atoms with Crippen LogP contribution in [0.15, 0.2) is 16.6 Å². The number of hydrogen-bond acceptors (Lipinski definition) is 4. The molecule has 0 saturated carbocycles. The van der Waals surface area contributed by atoms with Gasteiger partial charge in [0.15, 0.2) is 0 Å².